The minimum atomic E-state index is -1.83. The Labute approximate surface area is 43.2 Å². The predicted octanol–water partition coefficient (Wildman–Crippen LogP) is 0.713. The van der Waals surface area contributed by atoms with E-state index in [4.69, 9.17) is 5.11 Å². The zero-order valence-corrected chi connectivity index (χ0v) is 5.18. The average molecular weight is 123 g/mol. The van der Waals surface area contributed by atoms with Gasteiger partial charge in [-0.2, -0.15) is 0 Å². The van der Waals surface area contributed by atoms with Crippen LogP contribution in [0.3, 0.4) is 0 Å². The highest BCUT2D eigenvalue weighted by atomic mass is 31.1. The molecule has 0 amide bonds. The molecule has 42 valence electrons. The Hall–Kier alpha value is 0.0200. The minimum absolute atomic E-state index is 0.847. The summed E-state index contributed by atoms with van der Waals surface area (Å²) in [6, 6.07) is 0. The summed E-state index contributed by atoms with van der Waals surface area (Å²) in [5.41, 5.74) is 0. The summed E-state index contributed by atoms with van der Waals surface area (Å²) in [6.07, 6.45) is 0. The van der Waals surface area contributed by atoms with E-state index in [2.05, 4.69) is 4.52 Å². The molecule has 0 spiro atoms. The van der Waals surface area contributed by atoms with Crippen molar-refractivity contribution in [3.8, 4) is 0 Å². The predicted molar refractivity (Wildman–Crippen MR) is 26.3 cm³/mol. The molecule has 0 saturated heterocycles. The van der Waals surface area contributed by atoms with E-state index in [9.17, 15) is 4.57 Å². The van der Waals surface area contributed by atoms with Gasteiger partial charge in [0, 0.05) is 6.92 Å². The Morgan fingerprint density at radius 3 is 2.29 bits per heavy atom. The van der Waals surface area contributed by atoms with E-state index >= 15 is 0 Å². The lowest BCUT2D eigenvalue weighted by Crippen LogP contribution is -1.90. The zero-order valence-electron chi connectivity index (χ0n) is 4.29. The maximum absolute atomic E-state index is 10.2. The van der Waals surface area contributed by atoms with Gasteiger partial charge in [-0.1, -0.05) is 0 Å². The molecule has 0 radical (unpaired) electrons. The summed E-state index contributed by atoms with van der Waals surface area (Å²) in [6.45, 7) is 1.42. The summed E-state index contributed by atoms with van der Waals surface area (Å²) in [5.74, 6) is -0.847. The maximum atomic E-state index is 10.2. The summed E-state index contributed by atoms with van der Waals surface area (Å²) < 4.78 is 14.5. The van der Waals surface area contributed by atoms with E-state index in [1.807, 2.05) is 0 Å². The molecule has 2 atom stereocenters. The third-order valence-electron chi connectivity index (χ3n) is 0.485. The molecule has 7 heavy (non-hydrogen) atoms. The third-order valence-corrected chi connectivity index (χ3v) is 1.46. The van der Waals surface area contributed by atoms with Gasteiger partial charge in [0.05, 0.1) is 7.11 Å². The number of rotatable bonds is 2. The molecule has 0 bridgehead atoms. The fourth-order valence-corrected chi connectivity index (χ4v) is 0.458. The third kappa shape index (κ3) is 2.68. The number of aliphatic hydroxyl groups is 1. The Morgan fingerprint density at radius 2 is 2.29 bits per heavy atom. The van der Waals surface area contributed by atoms with Crippen molar-refractivity contribution in [1.29, 1.82) is 0 Å². The van der Waals surface area contributed by atoms with Crippen molar-refractivity contribution < 1.29 is 14.2 Å². The van der Waals surface area contributed by atoms with E-state index in [1.54, 1.807) is 0 Å². The van der Waals surface area contributed by atoms with E-state index in [1.165, 1.54) is 14.0 Å². The molecule has 1 N–H and O–H groups in total. The fraction of sp³-hybridized carbons (Fsp3) is 1.00. The van der Waals surface area contributed by atoms with Gasteiger partial charge in [0.15, 0.2) is 0 Å². The first kappa shape index (κ1) is 7.02. The van der Waals surface area contributed by atoms with Crippen LogP contribution in [0.1, 0.15) is 6.92 Å². The van der Waals surface area contributed by atoms with Gasteiger partial charge in [-0.05, 0) is 4.57 Å². The van der Waals surface area contributed by atoms with Gasteiger partial charge >= 0.3 is 8.03 Å². The molecular weight excluding hydrogens is 115 g/mol. The summed E-state index contributed by atoms with van der Waals surface area (Å²) in [5, 5.41) is 8.41. The van der Waals surface area contributed by atoms with Crippen molar-refractivity contribution in [3.05, 3.63) is 0 Å². The van der Waals surface area contributed by atoms with Gasteiger partial charge in [-0.15, -0.1) is 4.52 Å². The lowest BCUT2D eigenvalue weighted by molar-refractivity contribution is 0.247. The van der Waals surface area contributed by atoms with Crippen LogP contribution < -0.4 is 0 Å². The van der Waals surface area contributed by atoms with Crippen LogP contribution in [0.5, 0.6) is 0 Å². The monoisotopic (exact) mass is 123 g/mol. The molecule has 0 rings (SSSR count). The van der Waals surface area contributed by atoms with Crippen LogP contribution in [0.4, 0.5) is 0 Å². The van der Waals surface area contributed by atoms with Crippen LogP contribution in [-0.4, -0.2) is 18.1 Å². The number of hydrogen-bond acceptors (Lipinski definition) is 3. The highest BCUT2D eigenvalue weighted by molar-refractivity contribution is 7.39. The largest absolute Gasteiger partial charge is 0.539 e. The first-order valence-electron chi connectivity index (χ1n) is 1.87. The van der Waals surface area contributed by atoms with Crippen molar-refractivity contribution in [2.45, 2.75) is 12.8 Å². The van der Waals surface area contributed by atoms with Gasteiger partial charge in [0.25, 0.3) is 5.85 Å². The molecule has 0 aliphatic carbocycles. The second-order valence-corrected chi connectivity index (χ2v) is 2.78. The van der Waals surface area contributed by atoms with Crippen molar-refractivity contribution >= 4 is 8.03 Å². The molecule has 0 aliphatic heterocycles. The van der Waals surface area contributed by atoms with Crippen LogP contribution in [-0.2, 0) is 9.09 Å². The van der Waals surface area contributed by atoms with Gasteiger partial charge < -0.3 is 5.11 Å². The quantitative estimate of drug-likeness (QED) is 0.550. The summed E-state index contributed by atoms with van der Waals surface area (Å²) >= 11 is 0. The van der Waals surface area contributed by atoms with E-state index < -0.39 is 13.9 Å². The SMILES string of the molecule is CO[P+](=O)C(C)O. The lowest BCUT2D eigenvalue weighted by Gasteiger charge is -1.80. The van der Waals surface area contributed by atoms with Crippen molar-refractivity contribution in [1.82, 2.24) is 0 Å². The minimum Gasteiger partial charge on any atom is -0.349 e. The van der Waals surface area contributed by atoms with E-state index in [0.29, 0.717) is 0 Å². The molecule has 4 heteroatoms. The van der Waals surface area contributed by atoms with Crippen LogP contribution in [0.15, 0.2) is 0 Å². The van der Waals surface area contributed by atoms with Crippen LogP contribution in [0.25, 0.3) is 0 Å². The Morgan fingerprint density at radius 1 is 1.86 bits per heavy atom. The number of hydrogen-bond donors (Lipinski definition) is 1. The molecular formula is C3H8O3P+. The highest BCUT2D eigenvalue weighted by Gasteiger charge is 2.21. The smallest absolute Gasteiger partial charge is 0.349 e. The first-order valence-corrected chi connectivity index (χ1v) is 3.11. The summed E-state index contributed by atoms with van der Waals surface area (Å²) in [7, 11) is -0.535. The molecule has 0 aliphatic rings. The Balaban J connectivity index is 3.35. The van der Waals surface area contributed by atoms with Crippen LogP contribution >= 0.6 is 8.03 Å². The second-order valence-electron chi connectivity index (χ2n) is 1.10. The topological polar surface area (TPSA) is 46.5 Å². The molecule has 0 aromatic rings. The molecule has 0 aromatic carbocycles. The van der Waals surface area contributed by atoms with Gasteiger partial charge in [-0.25, -0.2) is 0 Å². The molecule has 2 unspecified atom stereocenters. The molecule has 0 aromatic heterocycles. The fourth-order valence-electron chi connectivity index (χ4n) is 0.153. The maximum Gasteiger partial charge on any atom is 0.539 e. The van der Waals surface area contributed by atoms with Crippen molar-refractivity contribution in [2.75, 3.05) is 7.11 Å². The zero-order chi connectivity index (χ0) is 5.86. The molecule has 0 fully saturated rings. The van der Waals surface area contributed by atoms with E-state index in [0.717, 1.165) is 0 Å². The second kappa shape index (κ2) is 3.08. The van der Waals surface area contributed by atoms with Crippen LogP contribution in [0.2, 0.25) is 0 Å². The van der Waals surface area contributed by atoms with Crippen molar-refractivity contribution in [3.63, 3.8) is 0 Å². The normalized spacial score (nSPS) is 16.1. The Kier molecular flexibility index (Phi) is 3.09. The lowest BCUT2D eigenvalue weighted by atomic mass is 10.9. The molecule has 3 nitrogen and oxygen atoms in total. The first-order chi connectivity index (χ1) is 3.18. The summed E-state index contributed by atoms with van der Waals surface area (Å²) in [4.78, 5) is 0. The highest BCUT2D eigenvalue weighted by Crippen LogP contribution is 2.24. The standard InChI is InChI=1S/C3H8O3P/c1-3(4)7(5)6-2/h3-4H,1-2H3/q+1. The average Bonchev–Trinajstić information content (AvgIpc) is 1.65. The van der Waals surface area contributed by atoms with Gasteiger partial charge in [0.1, 0.15) is 0 Å². The van der Waals surface area contributed by atoms with E-state index in [-0.39, 0.29) is 0 Å². The molecule has 0 saturated carbocycles. The number of aliphatic hydroxyl groups excluding tert-OH is 1. The van der Waals surface area contributed by atoms with Crippen LogP contribution in [0, 0.1) is 0 Å². The van der Waals surface area contributed by atoms with Crippen molar-refractivity contribution in [2.24, 2.45) is 0 Å². The van der Waals surface area contributed by atoms with Gasteiger partial charge in [0.2, 0.25) is 0 Å². The molecule has 0 heterocycles. The van der Waals surface area contributed by atoms with Gasteiger partial charge in [-0.3, -0.25) is 0 Å². The Bertz CT molecular complexity index is 70.6.